The summed E-state index contributed by atoms with van der Waals surface area (Å²) < 4.78 is 43.2. The molecule has 0 bridgehead atoms. The molecule has 142 valence electrons. The van der Waals surface area contributed by atoms with Crippen LogP contribution >= 0.6 is 0 Å². The van der Waals surface area contributed by atoms with E-state index in [-0.39, 0.29) is 5.69 Å². The number of benzene rings is 1. The molecule has 3 saturated heterocycles. The fraction of sp³-hybridized carbons (Fsp3) is 0.611. The SMILES string of the molecule is CC1(C)O[C@@H]2[C@@H](O1)[C@H](C(=O)Nc1ccccc1F)O[C@H]1OC(C)(C)O[C@@H]12. The fourth-order valence-corrected chi connectivity index (χ4v) is 3.59. The molecule has 0 aliphatic carbocycles. The third kappa shape index (κ3) is 3.12. The molecule has 1 amide bonds. The number of hydrogen-bond donors (Lipinski definition) is 1. The highest BCUT2D eigenvalue weighted by Crippen LogP contribution is 2.44. The van der Waals surface area contributed by atoms with Crippen molar-refractivity contribution in [3.05, 3.63) is 30.1 Å². The van der Waals surface area contributed by atoms with Crippen LogP contribution in [0.25, 0.3) is 0 Å². The van der Waals surface area contributed by atoms with Crippen LogP contribution in [0.5, 0.6) is 0 Å². The number of ether oxygens (including phenoxy) is 5. The summed E-state index contributed by atoms with van der Waals surface area (Å²) >= 11 is 0. The highest BCUT2D eigenvalue weighted by molar-refractivity contribution is 5.95. The van der Waals surface area contributed by atoms with E-state index in [1.165, 1.54) is 12.1 Å². The summed E-state index contributed by atoms with van der Waals surface area (Å²) in [4.78, 5) is 12.8. The van der Waals surface area contributed by atoms with Crippen molar-refractivity contribution in [3.63, 3.8) is 0 Å². The number of para-hydroxylation sites is 1. The van der Waals surface area contributed by atoms with Crippen LogP contribution in [-0.4, -0.2) is 48.2 Å². The lowest BCUT2D eigenvalue weighted by Gasteiger charge is -2.36. The largest absolute Gasteiger partial charge is 0.342 e. The van der Waals surface area contributed by atoms with Crippen LogP contribution in [-0.2, 0) is 28.5 Å². The highest BCUT2D eigenvalue weighted by atomic mass is 19.1. The molecule has 1 N–H and O–H groups in total. The minimum Gasteiger partial charge on any atom is -0.342 e. The van der Waals surface area contributed by atoms with Crippen molar-refractivity contribution in [2.75, 3.05) is 5.32 Å². The molecular formula is C18H22FNO6. The zero-order valence-electron chi connectivity index (χ0n) is 15.0. The second-order valence-corrected chi connectivity index (χ2v) is 7.56. The van der Waals surface area contributed by atoms with E-state index >= 15 is 0 Å². The second kappa shape index (κ2) is 5.97. The monoisotopic (exact) mass is 367 g/mol. The second-order valence-electron chi connectivity index (χ2n) is 7.56. The Hall–Kier alpha value is -1.58. The summed E-state index contributed by atoms with van der Waals surface area (Å²) in [6, 6.07) is 5.93. The lowest BCUT2D eigenvalue weighted by molar-refractivity contribution is -0.229. The van der Waals surface area contributed by atoms with Crippen LogP contribution in [0.4, 0.5) is 10.1 Å². The molecule has 3 aliphatic rings. The average molecular weight is 367 g/mol. The van der Waals surface area contributed by atoms with Gasteiger partial charge >= 0.3 is 0 Å². The maximum absolute atomic E-state index is 13.9. The van der Waals surface area contributed by atoms with Gasteiger partial charge in [0.25, 0.3) is 5.91 Å². The standard InChI is InChI=1S/C18H22FNO6/c1-17(2)23-11-12(24-17)14-16(26-18(3,4)25-14)22-13(11)15(21)20-10-8-6-5-7-9(10)19/h5-8,11-14,16H,1-4H3,(H,20,21)/t11-,12-,13-,14-,16+/m1/s1. The Bertz CT molecular complexity index is 723. The molecule has 3 heterocycles. The smallest absolute Gasteiger partial charge is 0.256 e. The van der Waals surface area contributed by atoms with Crippen molar-refractivity contribution >= 4 is 11.6 Å². The Balaban J connectivity index is 1.59. The summed E-state index contributed by atoms with van der Waals surface area (Å²) in [7, 11) is 0. The molecule has 7 nitrogen and oxygen atoms in total. The highest BCUT2D eigenvalue weighted by Gasteiger charge is 2.62. The zero-order valence-corrected chi connectivity index (χ0v) is 15.0. The number of hydrogen-bond acceptors (Lipinski definition) is 6. The van der Waals surface area contributed by atoms with Crippen LogP contribution in [0.2, 0.25) is 0 Å². The molecule has 1 aromatic rings. The van der Waals surface area contributed by atoms with E-state index in [4.69, 9.17) is 23.7 Å². The number of amides is 1. The van der Waals surface area contributed by atoms with Gasteiger partial charge in [0.05, 0.1) is 5.69 Å². The Morgan fingerprint density at radius 1 is 0.962 bits per heavy atom. The van der Waals surface area contributed by atoms with E-state index in [9.17, 15) is 9.18 Å². The van der Waals surface area contributed by atoms with Gasteiger partial charge in [0.15, 0.2) is 24.0 Å². The summed E-state index contributed by atoms with van der Waals surface area (Å²) in [6.07, 6.45) is -3.56. The molecule has 0 spiro atoms. The van der Waals surface area contributed by atoms with E-state index in [0.29, 0.717) is 0 Å². The molecule has 4 rings (SSSR count). The maximum atomic E-state index is 13.9. The Labute approximate surface area is 150 Å². The predicted molar refractivity (Wildman–Crippen MR) is 87.6 cm³/mol. The first-order valence-corrected chi connectivity index (χ1v) is 8.57. The number of fused-ring (bicyclic) bond motifs is 3. The van der Waals surface area contributed by atoms with Crippen molar-refractivity contribution in [1.29, 1.82) is 0 Å². The van der Waals surface area contributed by atoms with Crippen LogP contribution < -0.4 is 5.32 Å². The van der Waals surface area contributed by atoms with E-state index in [0.717, 1.165) is 0 Å². The molecule has 0 radical (unpaired) electrons. The van der Waals surface area contributed by atoms with Gasteiger partial charge in [0.2, 0.25) is 0 Å². The molecule has 3 aliphatic heterocycles. The molecule has 3 fully saturated rings. The number of nitrogens with one attached hydrogen (secondary N) is 1. The van der Waals surface area contributed by atoms with Gasteiger partial charge in [-0.05, 0) is 39.8 Å². The van der Waals surface area contributed by atoms with Gasteiger partial charge in [-0.15, -0.1) is 0 Å². The Morgan fingerprint density at radius 3 is 2.31 bits per heavy atom. The fourth-order valence-electron chi connectivity index (χ4n) is 3.59. The summed E-state index contributed by atoms with van der Waals surface area (Å²) in [6.45, 7) is 7.04. The summed E-state index contributed by atoms with van der Waals surface area (Å²) in [5.41, 5.74) is 0.0712. The minimum absolute atomic E-state index is 0.0712. The quantitative estimate of drug-likeness (QED) is 0.863. The van der Waals surface area contributed by atoms with Gasteiger partial charge in [-0.25, -0.2) is 4.39 Å². The van der Waals surface area contributed by atoms with Crippen molar-refractivity contribution in [2.24, 2.45) is 0 Å². The first-order chi connectivity index (χ1) is 12.2. The number of rotatable bonds is 2. The van der Waals surface area contributed by atoms with Crippen LogP contribution in [0.1, 0.15) is 27.7 Å². The van der Waals surface area contributed by atoms with Crippen LogP contribution in [0.15, 0.2) is 24.3 Å². The molecule has 1 aromatic carbocycles. The Kier molecular flexibility index (Phi) is 4.09. The lowest BCUT2D eigenvalue weighted by Crippen LogP contribution is -2.58. The summed E-state index contributed by atoms with van der Waals surface area (Å²) in [5.74, 6) is -2.83. The minimum atomic E-state index is -1.03. The molecule has 0 aromatic heterocycles. The van der Waals surface area contributed by atoms with Crippen LogP contribution in [0, 0.1) is 5.82 Å². The number of carbonyl (C=O) groups is 1. The van der Waals surface area contributed by atoms with Gasteiger partial charge in [0.1, 0.15) is 24.1 Å². The topological polar surface area (TPSA) is 75.3 Å². The van der Waals surface area contributed by atoms with Crippen molar-refractivity contribution in [1.82, 2.24) is 0 Å². The number of carbonyl (C=O) groups excluding carboxylic acids is 1. The third-order valence-electron chi connectivity index (χ3n) is 4.54. The number of anilines is 1. The van der Waals surface area contributed by atoms with Crippen molar-refractivity contribution in [2.45, 2.75) is 70.0 Å². The van der Waals surface area contributed by atoms with Gasteiger partial charge in [-0.1, -0.05) is 12.1 Å². The van der Waals surface area contributed by atoms with Gasteiger partial charge < -0.3 is 29.0 Å². The molecule has 26 heavy (non-hydrogen) atoms. The normalized spacial score (nSPS) is 37.0. The van der Waals surface area contributed by atoms with Gasteiger partial charge in [-0.3, -0.25) is 4.79 Å². The number of halogens is 1. The molecular weight excluding hydrogens is 345 g/mol. The first kappa shape index (κ1) is 17.8. The molecule has 0 unspecified atom stereocenters. The Morgan fingerprint density at radius 2 is 1.58 bits per heavy atom. The maximum Gasteiger partial charge on any atom is 0.256 e. The molecule has 8 heteroatoms. The third-order valence-corrected chi connectivity index (χ3v) is 4.54. The van der Waals surface area contributed by atoms with Crippen LogP contribution in [0.3, 0.4) is 0 Å². The summed E-state index contributed by atoms with van der Waals surface area (Å²) in [5, 5.41) is 2.55. The van der Waals surface area contributed by atoms with Gasteiger partial charge in [0, 0.05) is 0 Å². The average Bonchev–Trinajstić information content (AvgIpc) is 3.02. The molecule has 0 saturated carbocycles. The van der Waals surface area contributed by atoms with Gasteiger partial charge in [-0.2, -0.15) is 0 Å². The van der Waals surface area contributed by atoms with E-state index in [1.54, 1.807) is 39.8 Å². The van der Waals surface area contributed by atoms with Crippen molar-refractivity contribution < 1.29 is 32.9 Å². The van der Waals surface area contributed by atoms with Crippen molar-refractivity contribution in [3.8, 4) is 0 Å². The first-order valence-electron chi connectivity index (χ1n) is 8.57. The molecule has 5 atom stereocenters. The zero-order chi connectivity index (χ0) is 18.7. The van der Waals surface area contributed by atoms with E-state index in [2.05, 4.69) is 5.32 Å². The predicted octanol–water partition coefficient (Wildman–Crippen LogP) is 2.16. The van der Waals surface area contributed by atoms with E-state index in [1.807, 2.05) is 0 Å². The van der Waals surface area contributed by atoms with E-state index < -0.39 is 54.0 Å². The lowest BCUT2D eigenvalue weighted by atomic mass is 9.98.